The van der Waals surface area contributed by atoms with Gasteiger partial charge in [-0.05, 0) is 55.2 Å². The van der Waals surface area contributed by atoms with E-state index in [1.807, 2.05) is 24.3 Å². The van der Waals surface area contributed by atoms with Gasteiger partial charge in [-0.1, -0.05) is 87.9 Å². The lowest BCUT2D eigenvalue weighted by atomic mass is 9.82. The molecule has 2 aliphatic rings. The van der Waals surface area contributed by atoms with Crippen molar-refractivity contribution in [1.82, 2.24) is 10.0 Å². The maximum absolute atomic E-state index is 13.6. The third-order valence-electron chi connectivity index (χ3n) is 9.05. The number of esters is 1. The summed E-state index contributed by atoms with van der Waals surface area (Å²) in [5.74, 6) is -0.543. The second kappa shape index (κ2) is 14.1. The smallest absolute Gasteiger partial charge is 0.330 e. The van der Waals surface area contributed by atoms with Crippen LogP contribution in [0.25, 0.3) is 10.9 Å². The van der Waals surface area contributed by atoms with Gasteiger partial charge in [-0.3, -0.25) is 9.59 Å². The topological polar surface area (TPSA) is 86.6 Å². The van der Waals surface area contributed by atoms with Gasteiger partial charge in [0.25, 0.3) is 5.56 Å². The zero-order valence-corrected chi connectivity index (χ0v) is 25.0. The lowest BCUT2D eigenvalue weighted by molar-refractivity contribution is -0.157. The first-order valence-electron chi connectivity index (χ1n) is 15.8. The fraction of sp³-hybridized carbons (Fsp3) is 0.514. The van der Waals surface area contributed by atoms with E-state index in [1.54, 1.807) is 0 Å². The van der Waals surface area contributed by atoms with E-state index < -0.39 is 17.6 Å². The van der Waals surface area contributed by atoms with Crippen LogP contribution in [-0.2, 0) is 20.9 Å². The van der Waals surface area contributed by atoms with Crippen LogP contribution in [0, 0.1) is 5.92 Å². The van der Waals surface area contributed by atoms with Crippen molar-refractivity contribution < 1.29 is 19.2 Å². The van der Waals surface area contributed by atoms with Gasteiger partial charge in [0, 0.05) is 36.5 Å². The average Bonchev–Trinajstić information content (AvgIpc) is 3.02. The van der Waals surface area contributed by atoms with Gasteiger partial charge in [-0.25, -0.2) is 4.79 Å². The van der Waals surface area contributed by atoms with Gasteiger partial charge in [0.15, 0.2) is 0 Å². The van der Waals surface area contributed by atoms with E-state index >= 15 is 0 Å². The number of rotatable bonds is 10. The molecule has 0 radical (unpaired) electrons. The molecule has 0 saturated heterocycles. The molecule has 7 nitrogen and oxygen atoms in total. The fourth-order valence-corrected chi connectivity index (χ4v) is 6.82. The number of hydrogen-bond donors (Lipinski definition) is 1. The Bertz CT molecular complexity index is 1420. The molecule has 5 rings (SSSR count). The zero-order chi connectivity index (χ0) is 29.5. The summed E-state index contributed by atoms with van der Waals surface area (Å²) in [4.78, 5) is 44.4. The molecule has 0 bridgehead atoms. The van der Waals surface area contributed by atoms with Gasteiger partial charge in [0.05, 0.1) is 11.4 Å². The second-order valence-corrected chi connectivity index (χ2v) is 12.0. The highest BCUT2D eigenvalue weighted by Gasteiger charge is 2.33. The highest BCUT2D eigenvalue weighted by atomic mass is 16.7. The Morgan fingerprint density at radius 3 is 2.26 bits per heavy atom. The van der Waals surface area contributed by atoms with Gasteiger partial charge in [-0.2, -0.15) is 0 Å². The van der Waals surface area contributed by atoms with E-state index in [1.165, 1.54) is 19.4 Å². The molecule has 2 saturated carbocycles. The molecule has 0 aliphatic heterocycles. The summed E-state index contributed by atoms with van der Waals surface area (Å²) in [5.41, 5.74) is 3.20. The lowest BCUT2D eigenvalue weighted by Crippen LogP contribution is -2.38. The molecule has 1 aromatic heterocycles. The summed E-state index contributed by atoms with van der Waals surface area (Å²) in [6.45, 7) is 4.04. The van der Waals surface area contributed by atoms with Gasteiger partial charge in [0.2, 0.25) is 0 Å². The van der Waals surface area contributed by atoms with Crippen molar-refractivity contribution in [2.45, 2.75) is 109 Å². The summed E-state index contributed by atoms with van der Waals surface area (Å²) >= 11 is 0. The summed E-state index contributed by atoms with van der Waals surface area (Å²) in [7, 11) is 0. The van der Waals surface area contributed by atoms with Crippen LogP contribution in [0.2, 0.25) is 0 Å². The Labute approximate surface area is 248 Å². The van der Waals surface area contributed by atoms with Crippen LogP contribution in [0.4, 0.5) is 0 Å². The first kappa shape index (κ1) is 30.0. The van der Waals surface area contributed by atoms with E-state index in [9.17, 15) is 14.4 Å². The number of ether oxygens (including phenoxy) is 1. The molecule has 0 spiro atoms. The SMILES string of the molecule is CCC(NCc1ccccc1)C(OC(=O)C1CCCCC1)c1ccc(C2CCCCC2)c2c1ccc(=O)n2OC(C)=O. The maximum Gasteiger partial charge on any atom is 0.330 e. The van der Waals surface area contributed by atoms with Crippen LogP contribution in [0.3, 0.4) is 0 Å². The van der Waals surface area contributed by atoms with E-state index in [-0.39, 0.29) is 23.8 Å². The van der Waals surface area contributed by atoms with E-state index in [2.05, 4.69) is 36.5 Å². The van der Waals surface area contributed by atoms with Crippen molar-refractivity contribution in [3.63, 3.8) is 0 Å². The molecule has 42 heavy (non-hydrogen) atoms. The molecular weight excluding hydrogens is 528 g/mol. The first-order chi connectivity index (χ1) is 20.5. The Kier molecular flexibility index (Phi) is 10.1. The predicted octanol–water partition coefficient (Wildman–Crippen LogP) is 6.76. The fourth-order valence-electron chi connectivity index (χ4n) is 6.82. The van der Waals surface area contributed by atoms with Crippen molar-refractivity contribution in [3.8, 4) is 0 Å². The van der Waals surface area contributed by atoms with Crippen LogP contribution in [-0.4, -0.2) is 22.7 Å². The number of pyridine rings is 1. The number of hydrogen-bond acceptors (Lipinski definition) is 6. The lowest BCUT2D eigenvalue weighted by Gasteiger charge is -2.32. The molecular formula is C35H44N2O5. The minimum absolute atomic E-state index is 0.0973. The molecule has 7 heteroatoms. The van der Waals surface area contributed by atoms with Gasteiger partial charge >= 0.3 is 11.9 Å². The quantitative estimate of drug-likeness (QED) is 0.270. The van der Waals surface area contributed by atoms with E-state index in [0.717, 1.165) is 91.0 Å². The molecule has 2 unspecified atom stereocenters. The average molecular weight is 573 g/mol. The largest absolute Gasteiger partial charge is 0.456 e. The number of nitrogens with zero attached hydrogens (tertiary/aromatic N) is 1. The van der Waals surface area contributed by atoms with Gasteiger partial charge in [-0.15, -0.1) is 4.73 Å². The van der Waals surface area contributed by atoms with Crippen LogP contribution in [0.1, 0.15) is 113 Å². The molecule has 1 heterocycles. The Balaban J connectivity index is 1.61. The van der Waals surface area contributed by atoms with E-state index in [4.69, 9.17) is 9.57 Å². The molecule has 2 fully saturated rings. The predicted molar refractivity (Wildman–Crippen MR) is 164 cm³/mol. The summed E-state index contributed by atoms with van der Waals surface area (Å²) in [6, 6.07) is 17.4. The van der Waals surface area contributed by atoms with Crippen LogP contribution < -0.4 is 15.7 Å². The normalized spacial score (nSPS) is 18.0. The molecule has 2 aliphatic carbocycles. The molecule has 0 amide bonds. The summed E-state index contributed by atoms with van der Waals surface area (Å²) < 4.78 is 7.62. The third kappa shape index (κ3) is 6.95. The highest BCUT2D eigenvalue weighted by molar-refractivity contribution is 5.87. The Hall–Kier alpha value is -3.45. The minimum atomic E-state index is -0.584. The summed E-state index contributed by atoms with van der Waals surface area (Å²) in [5, 5.41) is 4.44. The monoisotopic (exact) mass is 572 g/mol. The van der Waals surface area contributed by atoms with Crippen LogP contribution in [0.5, 0.6) is 0 Å². The van der Waals surface area contributed by atoms with Gasteiger partial charge < -0.3 is 14.9 Å². The number of nitrogens with one attached hydrogen (secondary N) is 1. The minimum Gasteiger partial charge on any atom is -0.456 e. The van der Waals surface area contributed by atoms with Crippen molar-refractivity contribution in [1.29, 1.82) is 0 Å². The van der Waals surface area contributed by atoms with Crippen molar-refractivity contribution in [2.24, 2.45) is 5.92 Å². The second-order valence-electron chi connectivity index (χ2n) is 12.0. The molecule has 1 N–H and O–H groups in total. The first-order valence-corrected chi connectivity index (χ1v) is 15.8. The molecule has 2 atom stereocenters. The maximum atomic E-state index is 13.6. The number of fused-ring (bicyclic) bond motifs is 1. The zero-order valence-electron chi connectivity index (χ0n) is 25.0. The number of aromatic nitrogens is 1. The van der Waals surface area contributed by atoms with Crippen molar-refractivity contribution >= 4 is 22.8 Å². The molecule has 224 valence electrons. The van der Waals surface area contributed by atoms with E-state index in [0.29, 0.717) is 12.1 Å². The number of benzene rings is 2. The number of carbonyl (C=O) groups is 2. The number of carbonyl (C=O) groups excluding carboxylic acids is 2. The van der Waals surface area contributed by atoms with Gasteiger partial charge in [0.1, 0.15) is 6.10 Å². The Morgan fingerprint density at radius 1 is 0.905 bits per heavy atom. The van der Waals surface area contributed by atoms with Crippen molar-refractivity contribution in [2.75, 3.05) is 0 Å². The Morgan fingerprint density at radius 2 is 1.60 bits per heavy atom. The van der Waals surface area contributed by atoms with Crippen LogP contribution in [0.15, 0.2) is 59.4 Å². The van der Waals surface area contributed by atoms with Crippen LogP contribution >= 0.6 is 0 Å². The summed E-state index contributed by atoms with van der Waals surface area (Å²) in [6.07, 6.45) is 10.6. The highest BCUT2D eigenvalue weighted by Crippen LogP contribution is 2.40. The standard InChI is InChI=1S/C35H44N2O5/c1-3-31(36-23-25-13-7-4-8-14-25)34(41-35(40)27-17-11-6-12-18-27)30-20-19-28(26-15-9-5-10-16-26)33-29(30)21-22-32(39)37(33)42-24(2)38/h4,7-8,13-14,19-22,26-27,31,34,36H,3,5-6,9-12,15-18,23H2,1-2H3. The van der Waals surface area contributed by atoms with Crippen molar-refractivity contribution in [3.05, 3.63) is 81.6 Å². The molecule has 3 aromatic rings. The third-order valence-corrected chi connectivity index (χ3v) is 9.05. The molecule has 2 aromatic carbocycles.